The fourth-order valence-corrected chi connectivity index (χ4v) is 3.81. The molecule has 0 aliphatic carbocycles. The van der Waals surface area contributed by atoms with Crippen LogP contribution in [0.3, 0.4) is 0 Å². The molecule has 5 nitrogen and oxygen atoms in total. The Labute approximate surface area is 164 Å². The van der Waals surface area contributed by atoms with Crippen molar-refractivity contribution in [3.8, 4) is 11.5 Å². The molecule has 2 heterocycles. The highest BCUT2D eigenvalue weighted by Crippen LogP contribution is 2.25. The number of hydrogen-bond acceptors (Lipinski definition) is 5. The molecule has 2 aromatic rings. The molecule has 1 fully saturated rings. The first kappa shape index (κ1) is 19.5. The van der Waals surface area contributed by atoms with Crippen LogP contribution < -0.4 is 9.47 Å². The molecular formula is C21H25NO4S. The van der Waals surface area contributed by atoms with E-state index in [4.69, 9.17) is 14.2 Å². The number of methoxy groups -OCH3 is 2. The molecule has 0 saturated carbocycles. The average Bonchev–Trinajstić information content (AvgIpc) is 3.39. The van der Waals surface area contributed by atoms with Crippen molar-refractivity contribution in [3.63, 3.8) is 0 Å². The summed E-state index contributed by atoms with van der Waals surface area (Å²) < 4.78 is 16.4. The Morgan fingerprint density at radius 3 is 2.89 bits per heavy atom. The Balaban J connectivity index is 1.75. The van der Waals surface area contributed by atoms with Crippen LogP contribution in [-0.4, -0.2) is 44.3 Å². The summed E-state index contributed by atoms with van der Waals surface area (Å²) in [5.74, 6) is 1.38. The molecule has 0 N–H and O–H groups in total. The predicted octanol–water partition coefficient (Wildman–Crippen LogP) is 3.99. The molecule has 144 valence electrons. The average molecular weight is 388 g/mol. The molecular weight excluding hydrogens is 362 g/mol. The number of carbonyl (C=O) groups is 1. The molecule has 1 aromatic carbocycles. The Kier molecular flexibility index (Phi) is 6.90. The second kappa shape index (κ2) is 9.58. The van der Waals surface area contributed by atoms with E-state index in [1.807, 2.05) is 34.5 Å². The fourth-order valence-electron chi connectivity index (χ4n) is 3.09. The Morgan fingerprint density at radius 1 is 1.33 bits per heavy atom. The van der Waals surface area contributed by atoms with Crippen LogP contribution in [0.25, 0.3) is 6.08 Å². The number of ether oxygens (including phenoxy) is 3. The number of rotatable bonds is 8. The number of benzene rings is 1. The Bertz CT molecular complexity index is 766. The van der Waals surface area contributed by atoms with E-state index in [1.165, 1.54) is 0 Å². The molecule has 1 saturated heterocycles. The fraction of sp³-hybridized carbons (Fsp3) is 0.381. The van der Waals surface area contributed by atoms with E-state index in [1.54, 1.807) is 37.7 Å². The highest BCUT2D eigenvalue weighted by molar-refractivity contribution is 7.09. The molecule has 1 aliphatic heterocycles. The van der Waals surface area contributed by atoms with Gasteiger partial charge in [-0.3, -0.25) is 4.79 Å². The Morgan fingerprint density at radius 2 is 2.22 bits per heavy atom. The molecule has 1 atom stereocenters. The third-order valence-corrected chi connectivity index (χ3v) is 5.39. The molecule has 1 aliphatic rings. The zero-order valence-electron chi connectivity index (χ0n) is 15.7. The molecule has 6 heteroatoms. The van der Waals surface area contributed by atoms with Crippen molar-refractivity contribution in [3.05, 3.63) is 52.2 Å². The summed E-state index contributed by atoms with van der Waals surface area (Å²) in [5.41, 5.74) is 0.804. The summed E-state index contributed by atoms with van der Waals surface area (Å²) in [6.07, 6.45) is 5.55. The summed E-state index contributed by atoms with van der Waals surface area (Å²) >= 11 is 1.66. The number of thiophene rings is 1. The third-order valence-electron chi connectivity index (χ3n) is 4.53. The largest absolute Gasteiger partial charge is 0.497 e. The first-order valence-electron chi connectivity index (χ1n) is 9.02. The summed E-state index contributed by atoms with van der Waals surface area (Å²) in [5, 5.41) is 2.03. The van der Waals surface area contributed by atoms with Gasteiger partial charge in [-0.1, -0.05) is 6.07 Å². The highest BCUT2D eigenvalue weighted by Gasteiger charge is 2.22. The number of nitrogens with zero attached hydrogens (tertiary/aromatic N) is 1. The molecule has 1 amide bonds. The van der Waals surface area contributed by atoms with Gasteiger partial charge in [0.1, 0.15) is 11.5 Å². The monoisotopic (exact) mass is 387 g/mol. The maximum Gasteiger partial charge on any atom is 0.246 e. The van der Waals surface area contributed by atoms with Crippen LogP contribution in [0.4, 0.5) is 0 Å². The van der Waals surface area contributed by atoms with Gasteiger partial charge in [-0.2, -0.15) is 0 Å². The van der Waals surface area contributed by atoms with Gasteiger partial charge in [0.25, 0.3) is 0 Å². The van der Waals surface area contributed by atoms with Crippen LogP contribution in [0, 0.1) is 0 Å². The van der Waals surface area contributed by atoms with Crippen LogP contribution in [0.15, 0.2) is 41.8 Å². The normalized spacial score (nSPS) is 16.6. The van der Waals surface area contributed by atoms with Gasteiger partial charge in [0.05, 0.1) is 26.9 Å². The maximum absolute atomic E-state index is 12.9. The standard InChI is InChI=1S/C21H25NO4S/c1-24-17-8-9-20(25-2)16(13-17)7-10-21(23)22(14-18-5-3-11-26-18)15-19-6-4-12-27-19/h4,6-10,12-13,18H,3,5,11,14-15H2,1-2H3. The molecule has 1 unspecified atom stereocenters. The SMILES string of the molecule is COc1ccc(OC)c(C=CC(=O)N(Cc2cccs2)CC2CCCO2)c1. The van der Waals surface area contributed by atoms with Crippen LogP contribution in [0.5, 0.6) is 11.5 Å². The van der Waals surface area contributed by atoms with E-state index in [-0.39, 0.29) is 12.0 Å². The molecule has 1 aromatic heterocycles. The Hall–Kier alpha value is -2.31. The van der Waals surface area contributed by atoms with E-state index >= 15 is 0 Å². The first-order chi connectivity index (χ1) is 13.2. The minimum Gasteiger partial charge on any atom is -0.497 e. The zero-order chi connectivity index (χ0) is 19.1. The minimum atomic E-state index is -0.0382. The van der Waals surface area contributed by atoms with E-state index in [0.29, 0.717) is 18.8 Å². The lowest BCUT2D eigenvalue weighted by Crippen LogP contribution is -2.35. The van der Waals surface area contributed by atoms with Gasteiger partial charge in [0.2, 0.25) is 5.91 Å². The van der Waals surface area contributed by atoms with Crippen LogP contribution in [-0.2, 0) is 16.1 Å². The van der Waals surface area contributed by atoms with E-state index < -0.39 is 0 Å². The summed E-state index contributed by atoms with van der Waals surface area (Å²) in [6.45, 7) is 1.98. The molecule has 0 bridgehead atoms. The minimum absolute atomic E-state index is 0.0382. The zero-order valence-corrected chi connectivity index (χ0v) is 16.5. The molecule has 0 spiro atoms. The van der Waals surface area contributed by atoms with Crippen LogP contribution in [0.2, 0.25) is 0 Å². The second-order valence-corrected chi connectivity index (χ2v) is 7.41. The molecule has 3 rings (SSSR count). The molecule has 27 heavy (non-hydrogen) atoms. The summed E-state index contributed by atoms with van der Waals surface area (Å²) in [4.78, 5) is 15.9. The van der Waals surface area contributed by atoms with E-state index in [9.17, 15) is 4.79 Å². The van der Waals surface area contributed by atoms with Crippen molar-refractivity contribution in [1.29, 1.82) is 0 Å². The van der Waals surface area contributed by atoms with Crippen molar-refractivity contribution in [2.24, 2.45) is 0 Å². The quantitative estimate of drug-likeness (QED) is 0.643. The van der Waals surface area contributed by atoms with Crippen LogP contribution in [0.1, 0.15) is 23.3 Å². The smallest absolute Gasteiger partial charge is 0.246 e. The van der Waals surface area contributed by atoms with Crippen molar-refractivity contribution in [1.82, 2.24) is 4.90 Å². The van der Waals surface area contributed by atoms with Gasteiger partial charge in [-0.05, 0) is 48.6 Å². The maximum atomic E-state index is 12.9. The van der Waals surface area contributed by atoms with Crippen molar-refractivity contribution >= 4 is 23.3 Å². The number of hydrogen-bond donors (Lipinski definition) is 0. The lowest BCUT2D eigenvalue weighted by molar-refractivity contribution is -0.128. The van der Waals surface area contributed by atoms with Gasteiger partial charge in [0, 0.05) is 29.7 Å². The van der Waals surface area contributed by atoms with Crippen LogP contribution >= 0.6 is 11.3 Å². The van der Waals surface area contributed by atoms with Gasteiger partial charge < -0.3 is 19.1 Å². The van der Waals surface area contributed by atoms with Crippen molar-refractivity contribution in [2.75, 3.05) is 27.4 Å². The van der Waals surface area contributed by atoms with E-state index in [2.05, 4.69) is 6.07 Å². The van der Waals surface area contributed by atoms with E-state index in [0.717, 1.165) is 35.6 Å². The highest BCUT2D eigenvalue weighted by atomic mass is 32.1. The second-order valence-electron chi connectivity index (χ2n) is 6.37. The number of carbonyl (C=O) groups excluding carboxylic acids is 1. The predicted molar refractivity (Wildman–Crippen MR) is 107 cm³/mol. The lowest BCUT2D eigenvalue weighted by Gasteiger charge is -2.24. The summed E-state index contributed by atoms with van der Waals surface area (Å²) in [6, 6.07) is 9.57. The van der Waals surface area contributed by atoms with Gasteiger partial charge in [-0.25, -0.2) is 0 Å². The number of amides is 1. The van der Waals surface area contributed by atoms with Gasteiger partial charge >= 0.3 is 0 Å². The summed E-state index contributed by atoms with van der Waals surface area (Å²) in [7, 11) is 3.23. The van der Waals surface area contributed by atoms with Gasteiger partial charge in [-0.15, -0.1) is 11.3 Å². The first-order valence-corrected chi connectivity index (χ1v) is 9.90. The van der Waals surface area contributed by atoms with Crippen molar-refractivity contribution in [2.45, 2.75) is 25.5 Å². The lowest BCUT2D eigenvalue weighted by atomic mass is 10.1. The van der Waals surface area contributed by atoms with Gasteiger partial charge in [0.15, 0.2) is 0 Å². The molecule has 0 radical (unpaired) electrons. The third kappa shape index (κ3) is 5.34. The topological polar surface area (TPSA) is 48.0 Å². The van der Waals surface area contributed by atoms with Crippen molar-refractivity contribution < 1.29 is 19.0 Å².